The Morgan fingerprint density at radius 3 is 2.39 bits per heavy atom. The molecule has 2 N–H and O–H groups in total. The summed E-state index contributed by atoms with van der Waals surface area (Å²) in [5.41, 5.74) is 0.536. The van der Waals surface area contributed by atoms with Crippen molar-refractivity contribution in [2.75, 3.05) is 11.9 Å². The molecule has 0 spiro atoms. The van der Waals surface area contributed by atoms with E-state index in [0.29, 0.717) is 17.4 Å². The van der Waals surface area contributed by atoms with Crippen molar-refractivity contribution in [2.45, 2.75) is 26.8 Å². The van der Waals surface area contributed by atoms with Gasteiger partial charge in [-0.1, -0.05) is 19.9 Å². The first-order valence-electron chi connectivity index (χ1n) is 8.84. The van der Waals surface area contributed by atoms with Gasteiger partial charge < -0.3 is 15.4 Å². The molecule has 2 aromatic rings. The third kappa shape index (κ3) is 6.08. The van der Waals surface area contributed by atoms with Crippen LogP contribution in [-0.2, 0) is 4.79 Å². The van der Waals surface area contributed by atoms with Crippen LogP contribution in [0.2, 0.25) is 0 Å². The predicted octanol–water partition coefficient (Wildman–Crippen LogP) is 3.39. The molecule has 0 heterocycles. The van der Waals surface area contributed by atoms with E-state index in [9.17, 15) is 19.7 Å². The number of non-ortho nitro benzene ring substituents is 1. The number of nitro groups is 1. The number of hydrogen-bond acceptors (Lipinski definition) is 5. The highest BCUT2D eigenvalue weighted by Gasteiger charge is 2.13. The van der Waals surface area contributed by atoms with Gasteiger partial charge in [0.25, 0.3) is 17.5 Å². The maximum absolute atomic E-state index is 12.2. The molecule has 2 rings (SSSR count). The van der Waals surface area contributed by atoms with E-state index in [1.54, 1.807) is 24.3 Å². The van der Waals surface area contributed by atoms with E-state index in [0.717, 1.165) is 0 Å². The van der Waals surface area contributed by atoms with Crippen molar-refractivity contribution in [2.24, 2.45) is 5.92 Å². The Hall–Kier alpha value is -3.42. The molecule has 0 saturated carbocycles. The number of nitro benzene ring substituents is 1. The average molecular weight is 385 g/mol. The monoisotopic (exact) mass is 385 g/mol. The number of carbonyl (C=O) groups excluding carboxylic acids is 2. The molecule has 8 heteroatoms. The van der Waals surface area contributed by atoms with E-state index < -0.39 is 10.8 Å². The standard InChI is InChI=1S/C20H23N3O5/c1-13(2)14(3)21-19(24)12-28-18-9-7-16(8-10-18)22-20(25)15-5-4-6-17(11-15)23(26)27/h4-11,13-14H,12H2,1-3H3,(H,21,24)(H,22,25)/t14-/m1/s1. The lowest BCUT2D eigenvalue weighted by Gasteiger charge is -2.17. The Morgan fingerprint density at radius 1 is 1.11 bits per heavy atom. The van der Waals surface area contributed by atoms with Crippen LogP contribution in [0.4, 0.5) is 11.4 Å². The van der Waals surface area contributed by atoms with Crippen LogP contribution >= 0.6 is 0 Å². The molecule has 0 aromatic heterocycles. The summed E-state index contributed by atoms with van der Waals surface area (Å²) in [5, 5.41) is 16.3. The van der Waals surface area contributed by atoms with Crippen molar-refractivity contribution in [1.29, 1.82) is 0 Å². The summed E-state index contributed by atoms with van der Waals surface area (Å²) in [5.74, 6) is 0.155. The summed E-state index contributed by atoms with van der Waals surface area (Å²) in [6, 6.07) is 12.0. The molecule has 0 unspecified atom stereocenters. The summed E-state index contributed by atoms with van der Waals surface area (Å²) < 4.78 is 5.44. The van der Waals surface area contributed by atoms with Crippen molar-refractivity contribution in [3.8, 4) is 5.75 Å². The normalized spacial score (nSPS) is 11.6. The Labute approximate surface area is 163 Å². The second-order valence-electron chi connectivity index (χ2n) is 6.67. The lowest BCUT2D eigenvalue weighted by atomic mass is 10.1. The van der Waals surface area contributed by atoms with Gasteiger partial charge >= 0.3 is 0 Å². The minimum absolute atomic E-state index is 0.0579. The zero-order valence-electron chi connectivity index (χ0n) is 16.0. The summed E-state index contributed by atoms with van der Waals surface area (Å²) in [4.78, 5) is 34.3. The first kappa shape index (κ1) is 20.9. The molecule has 0 fully saturated rings. The predicted molar refractivity (Wildman–Crippen MR) is 105 cm³/mol. The largest absolute Gasteiger partial charge is 0.484 e. The highest BCUT2D eigenvalue weighted by Crippen LogP contribution is 2.18. The van der Waals surface area contributed by atoms with Gasteiger partial charge in [0.05, 0.1) is 4.92 Å². The lowest BCUT2D eigenvalue weighted by molar-refractivity contribution is -0.384. The van der Waals surface area contributed by atoms with Gasteiger partial charge in [-0.05, 0) is 43.2 Å². The van der Waals surface area contributed by atoms with Crippen molar-refractivity contribution in [3.05, 3.63) is 64.2 Å². The molecule has 0 bridgehead atoms. The summed E-state index contributed by atoms with van der Waals surface area (Å²) in [6.07, 6.45) is 0. The summed E-state index contributed by atoms with van der Waals surface area (Å²) in [6.45, 7) is 5.87. The van der Waals surface area contributed by atoms with Gasteiger partial charge in [-0.25, -0.2) is 0 Å². The topological polar surface area (TPSA) is 111 Å². The third-order valence-electron chi connectivity index (χ3n) is 4.19. The molecule has 28 heavy (non-hydrogen) atoms. The van der Waals surface area contributed by atoms with Gasteiger partial charge in [0.15, 0.2) is 6.61 Å². The molecular formula is C20H23N3O5. The number of carbonyl (C=O) groups is 2. The zero-order chi connectivity index (χ0) is 20.7. The van der Waals surface area contributed by atoms with Crippen molar-refractivity contribution in [1.82, 2.24) is 5.32 Å². The number of rotatable bonds is 8. The zero-order valence-corrected chi connectivity index (χ0v) is 16.0. The molecule has 0 aliphatic rings. The highest BCUT2D eigenvalue weighted by molar-refractivity contribution is 6.04. The van der Waals surface area contributed by atoms with Crippen LogP contribution < -0.4 is 15.4 Å². The minimum Gasteiger partial charge on any atom is -0.484 e. The maximum atomic E-state index is 12.2. The fourth-order valence-electron chi connectivity index (χ4n) is 2.21. The van der Waals surface area contributed by atoms with Crippen LogP contribution in [0.3, 0.4) is 0 Å². The number of benzene rings is 2. The third-order valence-corrected chi connectivity index (χ3v) is 4.19. The second-order valence-corrected chi connectivity index (χ2v) is 6.67. The van der Waals surface area contributed by atoms with Crippen molar-refractivity contribution >= 4 is 23.2 Å². The average Bonchev–Trinajstić information content (AvgIpc) is 2.67. The minimum atomic E-state index is -0.555. The molecule has 1 atom stereocenters. The van der Waals surface area contributed by atoms with Gasteiger partial charge in [0, 0.05) is 29.4 Å². The fourth-order valence-corrected chi connectivity index (χ4v) is 2.21. The van der Waals surface area contributed by atoms with E-state index in [1.165, 1.54) is 24.3 Å². The van der Waals surface area contributed by atoms with Crippen LogP contribution in [0.5, 0.6) is 5.75 Å². The molecule has 2 amide bonds. The first-order valence-corrected chi connectivity index (χ1v) is 8.84. The Kier molecular flexibility index (Phi) is 7.08. The van der Waals surface area contributed by atoms with E-state index >= 15 is 0 Å². The number of amides is 2. The molecule has 148 valence electrons. The SMILES string of the molecule is CC(C)[C@@H](C)NC(=O)COc1ccc(NC(=O)c2cccc([N+](=O)[O-])c2)cc1. The van der Waals surface area contributed by atoms with E-state index in [-0.39, 0.29) is 29.8 Å². The van der Waals surface area contributed by atoms with E-state index in [2.05, 4.69) is 10.6 Å². The van der Waals surface area contributed by atoms with Crippen LogP contribution in [-0.4, -0.2) is 29.4 Å². The number of nitrogens with zero attached hydrogens (tertiary/aromatic N) is 1. The first-order chi connectivity index (χ1) is 13.3. The van der Waals surface area contributed by atoms with Gasteiger partial charge in [0.2, 0.25) is 0 Å². The Morgan fingerprint density at radius 2 is 1.79 bits per heavy atom. The smallest absolute Gasteiger partial charge is 0.270 e. The highest BCUT2D eigenvalue weighted by atomic mass is 16.6. The van der Waals surface area contributed by atoms with Crippen molar-refractivity contribution in [3.63, 3.8) is 0 Å². The number of nitrogens with one attached hydrogen (secondary N) is 2. The number of hydrogen-bond donors (Lipinski definition) is 2. The van der Waals surface area contributed by atoms with Crippen LogP contribution in [0.25, 0.3) is 0 Å². The fraction of sp³-hybridized carbons (Fsp3) is 0.300. The van der Waals surface area contributed by atoms with Gasteiger partial charge in [-0.2, -0.15) is 0 Å². The number of ether oxygens (including phenoxy) is 1. The Balaban J connectivity index is 1.90. The summed E-state index contributed by atoms with van der Waals surface area (Å²) >= 11 is 0. The van der Waals surface area contributed by atoms with Gasteiger partial charge in [0.1, 0.15) is 5.75 Å². The molecule has 2 aromatic carbocycles. The van der Waals surface area contributed by atoms with E-state index in [1.807, 2.05) is 20.8 Å². The van der Waals surface area contributed by atoms with Crippen LogP contribution in [0.15, 0.2) is 48.5 Å². The molecular weight excluding hydrogens is 362 g/mol. The molecule has 0 aliphatic heterocycles. The van der Waals surface area contributed by atoms with Gasteiger partial charge in [-0.3, -0.25) is 19.7 Å². The van der Waals surface area contributed by atoms with Crippen LogP contribution in [0.1, 0.15) is 31.1 Å². The van der Waals surface area contributed by atoms with Crippen molar-refractivity contribution < 1.29 is 19.2 Å². The van der Waals surface area contributed by atoms with E-state index in [4.69, 9.17) is 4.74 Å². The summed E-state index contributed by atoms with van der Waals surface area (Å²) in [7, 11) is 0. The lowest BCUT2D eigenvalue weighted by Crippen LogP contribution is -2.38. The van der Waals surface area contributed by atoms with Crippen LogP contribution in [0, 0.1) is 16.0 Å². The second kappa shape index (κ2) is 9.50. The molecule has 8 nitrogen and oxygen atoms in total. The molecule has 0 saturated heterocycles. The Bertz CT molecular complexity index is 849. The molecule has 0 aliphatic carbocycles. The maximum Gasteiger partial charge on any atom is 0.270 e. The number of anilines is 1. The quantitative estimate of drug-likeness (QED) is 0.534. The molecule has 0 radical (unpaired) electrons. The van der Waals surface area contributed by atoms with Gasteiger partial charge in [-0.15, -0.1) is 0 Å².